The number of rotatable bonds is 10. The summed E-state index contributed by atoms with van der Waals surface area (Å²) in [5.41, 5.74) is 16.8. The first-order chi connectivity index (χ1) is 24.3. The molecule has 4 aromatic rings. The van der Waals surface area contributed by atoms with E-state index in [-0.39, 0.29) is 17.7 Å². The van der Waals surface area contributed by atoms with Gasteiger partial charge >= 0.3 is 0 Å². The molecule has 3 unspecified atom stereocenters. The maximum atomic E-state index is 14.4. The molecule has 3 amide bonds. The summed E-state index contributed by atoms with van der Waals surface area (Å²) in [4.78, 5) is 49.6. The predicted molar refractivity (Wildman–Crippen MR) is 201 cm³/mol. The molecule has 8 N–H and O–H groups in total. The van der Waals surface area contributed by atoms with Gasteiger partial charge in [0, 0.05) is 53.4 Å². The lowest BCUT2D eigenvalue weighted by Crippen LogP contribution is -2.57. The van der Waals surface area contributed by atoms with Crippen LogP contribution < -0.4 is 27.4 Å². The molecule has 3 atom stereocenters. The Balaban J connectivity index is 1.56. The van der Waals surface area contributed by atoms with Crippen LogP contribution in [0.15, 0.2) is 82.7 Å². The van der Waals surface area contributed by atoms with E-state index in [0.29, 0.717) is 64.7 Å². The Labute approximate surface area is 299 Å². The van der Waals surface area contributed by atoms with Crippen LogP contribution in [-0.2, 0) is 40.3 Å². The van der Waals surface area contributed by atoms with Crippen LogP contribution in [0.5, 0.6) is 0 Å². The average Bonchev–Trinajstić information content (AvgIpc) is 3.55. The normalized spacial score (nSPS) is 19.4. The number of unbranched alkanes of at least 4 members (excludes halogenated alkanes) is 1. The molecule has 0 bridgehead atoms. The van der Waals surface area contributed by atoms with Crippen molar-refractivity contribution in [3.63, 3.8) is 0 Å². The molecule has 0 fully saturated rings. The zero-order valence-electron chi connectivity index (χ0n) is 29.2. The number of nitrogens with one attached hydrogen (secondary N) is 4. The summed E-state index contributed by atoms with van der Waals surface area (Å²) in [6, 6.07) is 20.3. The topological polar surface area (TPSA) is 158 Å². The number of nitrogens with zero attached hydrogens (tertiary/aromatic N) is 1. The summed E-state index contributed by atoms with van der Waals surface area (Å²) in [7, 11) is 1.66. The highest BCUT2D eigenvalue weighted by molar-refractivity contribution is 7.99. The number of aromatic amines is 1. The first kappa shape index (κ1) is 37.1. The largest absolute Gasteiger partial charge is 0.361 e. The Morgan fingerprint density at radius 1 is 0.820 bits per heavy atom. The van der Waals surface area contributed by atoms with Crippen LogP contribution in [0.25, 0.3) is 10.9 Å². The van der Waals surface area contributed by atoms with Crippen LogP contribution in [-0.4, -0.2) is 65.9 Å². The highest BCUT2D eigenvalue weighted by Crippen LogP contribution is 2.34. The number of aryl methyl sites for hydroxylation is 1. The molecule has 0 saturated heterocycles. The molecule has 0 spiro atoms. The van der Waals surface area contributed by atoms with Gasteiger partial charge in [-0.15, -0.1) is 0 Å². The average molecular weight is 698 g/mol. The number of amides is 3. The van der Waals surface area contributed by atoms with Gasteiger partial charge in [0.1, 0.15) is 12.1 Å². The van der Waals surface area contributed by atoms with Crippen LogP contribution >= 0.6 is 11.8 Å². The fraction of sp³-hybridized carbons (Fsp3) is 0.410. The fourth-order valence-corrected chi connectivity index (χ4v) is 7.53. The van der Waals surface area contributed by atoms with Crippen molar-refractivity contribution >= 4 is 40.4 Å². The lowest BCUT2D eigenvalue weighted by atomic mass is 10.0. The van der Waals surface area contributed by atoms with Gasteiger partial charge in [-0.25, -0.2) is 0 Å². The molecule has 1 aliphatic rings. The van der Waals surface area contributed by atoms with Gasteiger partial charge in [0.25, 0.3) is 0 Å². The van der Waals surface area contributed by atoms with E-state index in [1.807, 2.05) is 42.6 Å². The van der Waals surface area contributed by atoms with E-state index >= 15 is 0 Å². The fourth-order valence-electron chi connectivity index (χ4n) is 6.48. The monoisotopic (exact) mass is 697 g/mol. The molecule has 0 saturated carbocycles. The summed E-state index contributed by atoms with van der Waals surface area (Å²) in [5.74, 6) is -0.836. The van der Waals surface area contributed by atoms with E-state index in [1.165, 1.54) is 10.5 Å². The second-order valence-electron chi connectivity index (χ2n) is 13.0. The number of H-pyrrole nitrogens is 1. The van der Waals surface area contributed by atoms with Crippen molar-refractivity contribution in [2.45, 2.75) is 92.9 Å². The van der Waals surface area contributed by atoms with E-state index in [1.54, 1.807) is 18.8 Å². The molecule has 1 aromatic heterocycles. The molecule has 11 heteroatoms. The maximum Gasteiger partial charge on any atom is 0.245 e. The Morgan fingerprint density at radius 3 is 2.36 bits per heavy atom. The van der Waals surface area contributed by atoms with Gasteiger partial charge < -0.3 is 37.3 Å². The smallest absolute Gasteiger partial charge is 0.245 e. The summed E-state index contributed by atoms with van der Waals surface area (Å²) >= 11 is 1.65. The second kappa shape index (κ2) is 18.2. The van der Waals surface area contributed by atoms with Crippen molar-refractivity contribution in [1.82, 2.24) is 25.8 Å². The van der Waals surface area contributed by atoms with Crippen molar-refractivity contribution < 1.29 is 14.4 Å². The number of para-hydroxylation sites is 1. The van der Waals surface area contributed by atoms with Crippen molar-refractivity contribution in [1.29, 1.82) is 0 Å². The summed E-state index contributed by atoms with van der Waals surface area (Å²) in [6.45, 7) is 3.81. The summed E-state index contributed by atoms with van der Waals surface area (Å²) in [6.07, 6.45) is 6.01. The Kier molecular flexibility index (Phi) is 13.5. The number of hydrogen-bond acceptors (Lipinski definition) is 7. The molecule has 0 radical (unpaired) electrons. The number of hydrogen-bond donors (Lipinski definition) is 6. The minimum absolute atomic E-state index is 0.261. The summed E-state index contributed by atoms with van der Waals surface area (Å²) < 4.78 is 0. The molecule has 50 heavy (non-hydrogen) atoms. The third-order valence-corrected chi connectivity index (χ3v) is 10.7. The third kappa shape index (κ3) is 9.33. The van der Waals surface area contributed by atoms with Crippen LogP contribution in [0.3, 0.4) is 0 Å². The Bertz CT molecular complexity index is 1760. The maximum absolute atomic E-state index is 14.4. The quantitative estimate of drug-likeness (QED) is 0.134. The molecule has 3 aromatic carbocycles. The molecule has 1 aliphatic heterocycles. The van der Waals surface area contributed by atoms with Crippen molar-refractivity contribution in [3.05, 3.63) is 95.2 Å². The van der Waals surface area contributed by atoms with Gasteiger partial charge in [-0.2, -0.15) is 0 Å². The molecular weight excluding hydrogens is 647 g/mol. The zero-order chi connectivity index (χ0) is 35.5. The molecule has 5 rings (SSSR count). The van der Waals surface area contributed by atoms with Crippen molar-refractivity contribution in [3.8, 4) is 0 Å². The van der Waals surface area contributed by atoms with Gasteiger partial charge in [0.05, 0.1) is 6.04 Å². The SMILES string of the molecule is CCc1ccc2c(c1)CNC(=O)C(Cc1c[nH]c3ccccc13)N(C)C(=O)C(CCCCN)NC(=O)C(CCCN)NCc1ccccc1S2. The van der Waals surface area contributed by atoms with E-state index in [2.05, 4.69) is 58.2 Å². The third-order valence-electron chi connectivity index (χ3n) is 9.50. The van der Waals surface area contributed by atoms with E-state index in [4.69, 9.17) is 11.5 Å². The highest BCUT2D eigenvalue weighted by Gasteiger charge is 2.34. The minimum atomic E-state index is -0.830. The minimum Gasteiger partial charge on any atom is -0.361 e. The van der Waals surface area contributed by atoms with Crippen molar-refractivity contribution in [2.75, 3.05) is 20.1 Å². The summed E-state index contributed by atoms with van der Waals surface area (Å²) in [5, 5.41) is 10.7. The number of aromatic nitrogens is 1. The zero-order valence-corrected chi connectivity index (χ0v) is 30.0. The number of likely N-dealkylation sites (N-methyl/N-ethyl adjacent to an activating group) is 1. The molecule has 0 aliphatic carbocycles. The first-order valence-electron chi connectivity index (χ1n) is 17.7. The van der Waals surface area contributed by atoms with Gasteiger partial charge in [0.2, 0.25) is 17.7 Å². The number of carbonyl (C=O) groups is 3. The molecule has 266 valence electrons. The van der Waals surface area contributed by atoms with Crippen LogP contribution in [0, 0.1) is 0 Å². The lowest BCUT2D eigenvalue weighted by molar-refractivity contribution is -0.142. The van der Waals surface area contributed by atoms with Crippen LogP contribution in [0.1, 0.15) is 61.3 Å². The molecule has 2 heterocycles. The standard InChI is InChI=1S/C39H51N7O3S/c1-3-26-17-18-36-29(21-26)25-44-38(48)34(22-28-24-42-31-13-6-5-12-30(28)31)46(2)39(49)33(14-8-9-19-40)45-37(47)32(15-10-20-41)43-23-27-11-4-7-16-35(27)50-36/h4-7,11-13,16-18,21,24,32-34,42-43H,3,8-10,14-15,19-20,22-23,25,40-41H2,1-2H3,(H,44,48)(H,45,47). The van der Waals surface area contributed by atoms with Crippen molar-refractivity contribution in [2.24, 2.45) is 11.5 Å². The van der Waals surface area contributed by atoms with Gasteiger partial charge in [0.15, 0.2) is 0 Å². The highest BCUT2D eigenvalue weighted by atomic mass is 32.2. The van der Waals surface area contributed by atoms with Crippen LogP contribution in [0.2, 0.25) is 0 Å². The molecular formula is C39H51N7O3S. The lowest BCUT2D eigenvalue weighted by Gasteiger charge is -2.32. The number of fused-ring (bicyclic) bond motifs is 3. The van der Waals surface area contributed by atoms with E-state index in [9.17, 15) is 14.4 Å². The second-order valence-corrected chi connectivity index (χ2v) is 14.0. The van der Waals surface area contributed by atoms with E-state index in [0.717, 1.165) is 43.8 Å². The van der Waals surface area contributed by atoms with Crippen LogP contribution in [0.4, 0.5) is 0 Å². The molecule has 10 nitrogen and oxygen atoms in total. The Hall–Kier alpha value is -4.16. The Morgan fingerprint density at radius 2 is 1.56 bits per heavy atom. The van der Waals surface area contributed by atoms with E-state index < -0.39 is 18.1 Å². The predicted octanol–water partition coefficient (Wildman–Crippen LogP) is 4.39. The number of carbonyl (C=O) groups excluding carboxylic acids is 3. The van der Waals surface area contributed by atoms with Gasteiger partial charge in [-0.05, 0) is 92.1 Å². The first-order valence-corrected chi connectivity index (χ1v) is 18.5. The van der Waals surface area contributed by atoms with Gasteiger partial charge in [-0.3, -0.25) is 14.4 Å². The number of nitrogens with two attached hydrogens (primary N) is 2. The number of benzene rings is 3. The van der Waals surface area contributed by atoms with Gasteiger partial charge in [-0.1, -0.05) is 67.2 Å².